The third kappa shape index (κ3) is 2.44. The van der Waals surface area contributed by atoms with Crippen LogP contribution in [0.3, 0.4) is 0 Å². The summed E-state index contributed by atoms with van der Waals surface area (Å²) in [6.45, 7) is 2.98. The zero-order chi connectivity index (χ0) is 13.3. The van der Waals surface area contributed by atoms with Crippen molar-refractivity contribution in [2.75, 3.05) is 7.11 Å². The van der Waals surface area contributed by atoms with Gasteiger partial charge in [0.2, 0.25) is 0 Å². The molecule has 0 bridgehead atoms. The van der Waals surface area contributed by atoms with Crippen molar-refractivity contribution in [3.63, 3.8) is 0 Å². The maximum absolute atomic E-state index is 6.22. The Kier molecular flexibility index (Phi) is 3.64. The van der Waals surface area contributed by atoms with Crippen molar-refractivity contribution in [2.24, 2.45) is 11.8 Å². The molecule has 1 aromatic rings. The fourth-order valence-electron chi connectivity index (χ4n) is 4.04. The number of methoxy groups -OCH3 is 1. The van der Waals surface area contributed by atoms with E-state index in [0.29, 0.717) is 12.0 Å². The molecule has 0 aromatic heterocycles. The normalized spacial score (nSPS) is 37.5. The fraction of sp³-hybridized carbons (Fsp3) is 0.647. The van der Waals surface area contributed by atoms with Crippen LogP contribution >= 0.6 is 0 Å². The van der Waals surface area contributed by atoms with E-state index in [0.717, 1.165) is 12.5 Å². The van der Waals surface area contributed by atoms with E-state index in [4.69, 9.17) is 9.47 Å². The molecule has 2 aliphatic carbocycles. The lowest BCUT2D eigenvalue weighted by Crippen LogP contribution is -2.60. The molecule has 0 radical (unpaired) electrons. The molecule has 2 saturated carbocycles. The molecule has 4 unspecified atom stereocenters. The van der Waals surface area contributed by atoms with Gasteiger partial charge in [-0.15, -0.1) is 0 Å². The smallest absolute Gasteiger partial charge is 0.0720 e. The van der Waals surface area contributed by atoms with Crippen molar-refractivity contribution in [1.29, 1.82) is 0 Å². The molecule has 1 aromatic carbocycles. The van der Waals surface area contributed by atoms with Gasteiger partial charge in [0.15, 0.2) is 0 Å². The van der Waals surface area contributed by atoms with Crippen LogP contribution in [0.5, 0.6) is 0 Å². The van der Waals surface area contributed by atoms with Crippen LogP contribution in [-0.4, -0.2) is 18.8 Å². The number of hydrogen-bond acceptors (Lipinski definition) is 2. The van der Waals surface area contributed by atoms with Gasteiger partial charge in [-0.2, -0.15) is 0 Å². The maximum Gasteiger partial charge on any atom is 0.0720 e. The van der Waals surface area contributed by atoms with Crippen LogP contribution in [0.15, 0.2) is 30.3 Å². The van der Waals surface area contributed by atoms with Crippen molar-refractivity contribution in [3.05, 3.63) is 35.9 Å². The minimum atomic E-state index is 0.0481. The van der Waals surface area contributed by atoms with E-state index in [1.165, 1.54) is 31.2 Å². The van der Waals surface area contributed by atoms with Crippen molar-refractivity contribution in [2.45, 2.75) is 50.9 Å². The number of benzene rings is 1. The summed E-state index contributed by atoms with van der Waals surface area (Å²) in [6, 6.07) is 10.5. The first-order valence-corrected chi connectivity index (χ1v) is 7.43. The van der Waals surface area contributed by atoms with Crippen LogP contribution in [0.1, 0.15) is 38.2 Å². The van der Waals surface area contributed by atoms with E-state index in [9.17, 15) is 0 Å². The molecule has 0 heterocycles. The average Bonchev–Trinajstić information content (AvgIpc) is 2.44. The standard InChI is InChI=1S/C17H24O2/c1-17(18-2)11-14-9-6-10-15(16(14)17)19-12-13-7-4-3-5-8-13/h3-5,7-8,14-16H,6,9-12H2,1-2H3. The summed E-state index contributed by atoms with van der Waals surface area (Å²) in [6.07, 6.45) is 5.43. The van der Waals surface area contributed by atoms with Crippen molar-refractivity contribution < 1.29 is 9.47 Å². The van der Waals surface area contributed by atoms with Crippen LogP contribution in [0.4, 0.5) is 0 Å². The first-order chi connectivity index (χ1) is 9.23. The highest BCUT2D eigenvalue weighted by Gasteiger charge is 2.55. The fourth-order valence-corrected chi connectivity index (χ4v) is 4.04. The first-order valence-electron chi connectivity index (χ1n) is 7.43. The molecule has 2 fully saturated rings. The van der Waals surface area contributed by atoms with Gasteiger partial charge in [-0.1, -0.05) is 36.8 Å². The molecule has 0 N–H and O–H groups in total. The highest BCUT2D eigenvalue weighted by atomic mass is 16.5. The highest BCUT2D eigenvalue weighted by Crippen LogP contribution is 2.54. The molecule has 0 spiro atoms. The molecule has 2 nitrogen and oxygen atoms in total. The van der Waals surface area contributed by atoms with Gasteiger partial charge in [-0.3, -0.25) is 0 Å². The van der Waals surface area contributed by atoms with Gasteiger partial charge in [0.1, 0.15) is 0 Å². The van der Waals surface area contributed by atoms with Crippen LogP contribution in [-0.2, 0) is 16.1 Å². The van der Waals surface area contributed by atoms with Gasteiger partial charge < -0.3 is 9.47 Å². The lowest BCUT2D eigenvalue weighted by Gasteiger charge is -2.57. The summed E-state index contributed by atoms with van der Waals surface area (Å²) >= 11 is 0. The van der Waals surface area contributed by atoms with Gasteiger partial charge in [0.25, 0.3) is 0 Å². The van der Waals surface area contributed by atoms with E-state index in [1.807, 2.05) is 13.2 Å². The minimum absolute atomic E-state index is 0.0481. The second-order valence-corrected chi connectivity index (χ2v) is 6.27. The molecular formula is C17H24O2. The summed E-state index contributed by atoms with van der Waals surface area (Å²) in [7, 11) is 1.85. The van der Waals surface area contributed by atoms with E-state index in [2.05, 4.69) is 31.2 Å². The van der Waals surface area contributed by atoms with E-state index in [1.54, 1.807) is 0 Å². The molecule has 19 heavy (non-hydrogen) atoms. The first kappa shape index (κ1) is 13.1. The quantitative estimate of drug-likeness (QED) is 0.820. The van der Waals surface area contributed by atoms with E-state index >= 15 is 0 Å². The van der Waals surface area contributed by atoms with Crippen molar-refractivity contribution in [3.8, 4) is 0 Å². The Morgan fingerprint density at radius 3 is 2.74 bits per heavy atom. The highest BCUT2D eigenvalue weighted by molar-refractivity contribution is 5.14. The predicted molar refractivity (Wildman–Crippen MR) is 75.9 cm³/mol. The zero-order valence-corrected chi connectivity index (χ0v) is 12.0. The molecule has 2 heteroatoms. The topological polar surface area (TPSA) is 18.5 Å². The maximum atomic E-state index is 6.22. The number of rotatable bonds is 4. The Labute approximate surface area is 116 Å². The zero-order valence-electron chi connectivity index (χ0n) is 12.0. The molecule has 104 valence electrons. The lowest BCUT2D eigenvalue weighted by atomic mass is 9.55. The van der Waals surface area contributed by atoms with Crippen molar-refractivity contribution in [1.82, 2.24) is 0 Å². The Morgan fingerprint density at radius 1 is 1.21 bits per heavy atom. The lowest BCUT2D eigenvalue weighted by molar-refractivity contribution is -0.215. The molecule has 0 amide bonds. The summed E-state index contributed by atoms with van der Waals surface area (Å²) < 4.78 is 12.0. The van der Waals surface area contributed by atoms with Gasteiger partial charge in [-0.25, -0.2) is 0 Å². The third-order valence-corrected chi connectivity index (χ3v) is 5.12. The number of fused-ring (bicyclic) bond motifs is 1. The van der Waals surface area contributed by atoms with Gasteiger partial charge >= 0.3 is 0 Å². The summed E-state index contributed by atoms with van der Waals surface area (Å²) in [5.41, 5.74) is 1.31. The summed E-state index contributed by atoms with van der Waals surface area (Å²) in [5, 5.41) is 0. The van der Waals surface area contributed by atoms with Crippen LogP contribution < -0.4 is 0 Å². The molecule has 3 rings (SSSR count). The number of ether oxygens (including phenoxy) is 2. The minimum Gasteiger partial charge on any atom is -0.378 e. The van der Waals surface area contributed by atoms with Crippen LogP contribution in [0.25, 0.3) is 0 Å². The SMILES string of the molecule is COC1(C)CC2CCCC(OCc3ccccc3)C21. The Bertz CT molecular complexity index is 417. The Morgan fingerprint density at radius 2 is 2.00 bits per heavy atom. The van der Waals surface area contributed by atoms with Gasteiger partial charge in [0.05, 0.1) is 18.3 Å². The molecule has 2 aliphatic rings. The number of hydrogen-bond donors (Lipinski definition) is 0. The second kappa shape index (κ2) is 5.26. The van der Waals surface area contributed by atoms with E-state index < -0.39 is 0 Å². The Hall–Kier alpha value is -0.860. The monoisotopic (exact) mass is 260 g/mol. The summed E-state index contributed by atoms with van der Waals surface area (Å²) in [5.74, 6) is 1.41. The van der Waals surface area contributed by atoms with E-state index in [-0.39, 0.29) is 5.60 Å². The molecule has 0 aliphatic heterocycles. The summed E-state index contributed by atoms with van der Waals surface area (Å²) in [4.78, 5) is 0. The second-order valence-electron chi connectivity index (χ2n) is 6.27. The van der Waals surface area contributed by atoms with Crippen LogP contribution in [0.2, 0.25) is 0 Å². The van der Waals surface area contributed by atoms with Crippen LogP contribution in [0, 0.1) is 11.8 Å². The predicted octanol–water partition coefficient (Wildman–Crippen LogP) is 3.80. The largest absolute Gasteiger partial charge is 0.378 e. The third-order valence-electron chi connectivity index (χ3n) is 5.12. The molecular weight excluding hydrogens is 236 g/mol. The molecule has 0 saturated heterocycles. The van der Waals surface area contributed by atoms with Crippen molar-refractivity contribution >= 4 is 0 Å². The van der Waals surface area contributed by atoms with Gasteiger partial charge in [-0.05, 0) is 37.7 Å². The Balaban J connectivity index is 1.63. The molecule has 4 atom stereocenters. The van der Waals surface area contributed by atoms with Gasteiger partial charge in [0, 0.05) is 13.0 Å². The average molecular weight is 260 g/mol.